The van der Waals surface area contributed by atoms with Crippen LogP contribution in [0, 0.1) is 28.1 Å². The van der Waals surface area contributed by atoms with Gasteiger partial charge in [0.25, 0.3) is 0 Å². The van der Waals surface area contributed by atoms with Gasteiger partial charge in [0.15, 0.2) is 0 Å². The maximum Gasteiger partial charge on any atom is 0.0488 e. The fourth-order valence-corrected chi connectivity index (χ4v) is 5.65. The van der Waals surface area contributed by atoms with Crippen LogP contribution in [0.4, 0.5) is 0 Å². The van der Waals surface area contributed by atoms with Gasteiger partial charge in [-0.2, -0.15) is 0 Å². The Hall–Kier alpha value is -0.0800. The Balaban J connectivity index is 1.74. The largest absolute Gasteiger partial charge is 0.396 e. The molecule has 0 radical (unpaired) electrons. The molecule has 0 aromatic carbocycles. The number of hydrogen-bond acceptors (Lipinski definition) is 2. The Bertz CT molecular complexity index is 313. The Kier molecular flexibility index (Phi) is 2.45. The predicted octanol–water partition coefficient (Wildman–Crippen LogP) is 2.58. The van der Waals surface area contributed by atoms with Crippen LogP contribution in [0.3, 0.4) is 0 Å². The Labute approximate surface area is 104 Å². The van der Waals surface area contributed by atoms with Crippen LogP contribution >= 0.6 is 0 Å². The van der Waals surface area contributed by atoms with Crippen LogP contribution in [0.1, 0.15) is 52.4 Å². The topological polar surface area (TPSA) is 40.5 Å². The molecule has 2 nitrogen and oxygen atoms in total. The van der Waals surface area contributed by atoms with Crippen molar-refractivity contribution in [2.45, 2.75) is 52.4 Å². The van der Waals surface area contributed by atoms with Crippen molar-refractivity contribution in [1.29, 1.82) is 0 Å². The zero-order chi connectivity index (χ0) is 12.3. The Morgan fingerprint density at radius 1 is 1.18 bits per heavy atom. The SMILES string of the molecule is CC1(C)C2CCC3(CC(CO)(CCO)C3)C1C2. The third-order valence-electron chi connectivity index (χ3n) is 6.63. The first-order chi connectivity index (χ1) is 7.98. The molecule has 0 amide bonds. The molecule has 2 unspecified atom stereocenters. The van der Waals surface area contributed by atoms with E-state index < -0.39 is 0 Å². The fourth-order valence-electron chi connectivity index (χ4n) is 5.65. The third kappa shape index (κ3) is 1.40. The van der Waals surface area contributed by atoms with Crippen LogP contribution in [0.25, 0.3) is 0 Å². The molecule has 17 heavy (non-hydrogen) atoms. The highest BCUT2D eigenvalue weighted by Gasteiger charge is 2.67. The standard InChI is InChI=1S/C15H26O2/c1-13(2)11-3-4-15(12(13)7-11)8-14(9-15,10-17)5-6-16/h11-12,16-17H,3-10H2,1-2H3. The average molecular weight is 238 g/mol. The zero-order valence-corrected chi connectivity index (χ0v) is 11.2. The van der Waals surface area contributed by atoms with Crippen molar-refractivity contribution in [2.75, 3.05) is 13.2 Å². The van der Waals surface area contributed by atoms with E-state index in [0.29, 0.717) is 10.8 Å². The van der Waals surface area contributed by atoms with Gasteiger partial charge in [0.05, 0.1) is 0 Å². The normalized spacial score (nSPS) is 50.8. The molecule has 2 heteroatoms. The first kappa shape index (κ1) is 12.0. The summed E-state index contributed by atoms with van der Waals surface area (Å²) in [4.78, 5) is 0. The molecule has 98 valence electrons. The van der Waals surface area contributed by atoms with E-state index in [1.54, 1.807) is 0 Å². The minimum Gasteiger partial charge on any atom is -0.396 e. The third-order valence-corrected chi connectivity index (χ3v) is 6.63. The van der Waals surface area contributed by atoms with Gasteiger partial charge in [-0.3, -0.25) is 0 Å². The molecule has 0 aromatic heterocycles. The van der Waals surface area contributed by atoms with Gasteiger partial charge in [-0.1, -0.05) is 13.8 Å². The summed E-state index contributed by atoms with van der Waals surface area (Å²) >= 11 is 0. The quantitative estimate of drug-likeness (QED) is 0.793. The number of aliphatic hydroxyl groups excluding tert-OH is 2. The maximum atomic E-state index is 9.60. The van der Waals surface area contributed by atoms with Crippen LogP contribution in [0.5, 0.6) is 0 Å². The lowest BCUT2D eigenvalue weighted by Gasteiger charge is -2.72. The van der Waals surface area contributed by atoms with Gasteiger partial charge >= 0.3 is 0 Å². The number of aliphatic hydroxyl groups is 2. The lowest BCUT2D eigenvalue weighted by molar-refractivity contribution is -0.238. The van der Waals surface area contributed by atoms with Gasteiger partial charge in [0.1, 0.15) is 0 Å². The highest BCUT2D eigenvalue weighted by molar-refractivity contribution is 5.16. The smallest absolute Gasteiger partial charge is 0.0488 e. The molecular weight excluding hydrogens is 212 g/mol. The van der Waals surface area contributed by atoms with E-state index in [2.05, 4.69) is 13.8 Å². The van der Waals surface area contributed by atoms with Crippen LogP contribution in [0.15, 0.2) is 0 Å². The minimum atomic E-state index is 0.0628. The lowest BCUT2D eigenvalue weighted by Crippen LogP contribution is -2.65. The summed E-state index contributed by atoms with van der Waals surface area (Å²) in [6.45, 7) is 5.38. The highest BCUT2D eigenvalue weighted by Crippen LogP contribution is 2.75. The molecular formula is C15H26O2. The molecule has 2 N–H and O–H groups in total. The molecule has 4 aliphatic carbocycles. The second-order valence-electron chi connectivity index (χ2n) is 7.69. The second-order valence-corrected chi connectivity index (χ2v) is 7.69. The van der Waals surface area contributed by atoms with Gasteiger partial charge in [-0.25, -0.2) is 0 Å². The van der Waals surface area contributed by atoms with E-state index in [1.165, 1.54) is 19.3 Å². The van der Waals surface area contributed by atoms with Crippen LogP contribution < -0.4 is 0 Å². The molecule has 4 rings (SSSR count). The second kappa shape index (κ2) is 3.48. The van der Waals surface area contributed by atoms with Crippen molar-refractivity contribution >= 4 is 0 Å². The Morgan fingerprint density at radius 3 is 2.35 bits per heavy atom. The Morgan fingerprint density at radius 2 is 1.88 bits per heavy atom. The van der Waals surface area contributed by atoms with Crippen LogP contribution in [-0.2, 0) is 0 Å². The predicted molar refractivity (Wildman–Crippen MR) is 67.5 cm³/mol. The summed E-state index contributed by atoms with van der Waals surface area (Å²) in [5, 5.41) is 18.8. The number of fused-ring (bicyclic) bond motifs is 1. The number of hydrogen-bond donors (Lipinski definition) is 2. The molecule has 2 bridgehead atoms. The van der Waals surface area contributed by atoms with Crippen molar-refractivity contribution in [1.82, 2.24) is 0 Å². The molecule has 4 aliphatic rings. The minimum absolute atomic E-state index is 0.0628. The van der Waals surface area contributed by atoms with E-state index >= 15 is 0 Å². The van der Waals surface area contributed by atoms with Crippen molar-refractivity contribution in [3.05, 3.63) is 0 Å². The van der Waals surface area contributed by atoms with E-state index in [-0.39, 0.29) is 18.6 Å². The molecule has 4 fully saturated rings. The van der Waals surface area contributed by atoms with Gasteiger partial charge in [0.2, 0.25) is 0 Å². The van der Waals surface area contributed by atoms with Crippen molar-refractivity contribution in [3.8, 4) is 0 Å². The number of rotatable bonds is 3. The summed E-state index contributed by atoms with van der Waals surface area (Å²) < 4.78 is 0. The van der Waals surface area contributed by atoms with Crippen molar-refractivity contribution in [3.63, 3.8) is 0 Å². The molecule has 0 saturated heterocycles. The van der Waals surface area contributed by atoms with E-state index in [1.807, 2.05) is 0 Å². The summed E-state index contributed by atoms with van der Waals surface area (Å²) in [6.07, 6.45) is 7.31. The van der Waals surface area contributed by atoms with Gasteiger partial charge in [0, 0.05) is 13.2 Å². The van der Waals surface area contributed by atoms with Crippen LogP contribution in [0.2, 0.25) is 0 Å². The van der Waals surface area contributed by atoms with Gasteiger partial charge in [-0.05, 0) is 66.6 Å². The first-order valence-corrected chi connectivity index (χ1v) is 7.20. The molecule has 0 heterocycles. The molecule has 0 aromatic rings. The zero-order valence-electron chi connectivity index (χ0n) is 11.2. The maximum absolute atomic E-state index is 9.60. The summed E-state index contributed by atoms with van der Waals surface area (Å²) in [7, 11) is 0. The van der Waals surface area contributed by atoms with E-state index in [0.717, 1.165) is 31.1 Å². The van der Waals surface area contributed by atoms with E-state index in [9.17, 15) is 5.11 Å². The molecule has 0 aliphatic heterocycles. The molecule has 2 atom stereocenters. The van der Waals surface area contributed by atoms with Crippen molar-refractivity contribution in [2.24, 2.45) is 28.1 Å². The fraction of sp³-hybridized carbons (Fsp3) is 1.00. The average Bonchev–Trinajstić information content (AvgIpc) is 2.26. The van der Waals surface area contributed by atoms with Crippen LogP contribution in [-0.4, -0.2) is 23.4 Å². The van der Waals surface area contributed by atoms with E-state index in [4.69, 9.17) is 5.11 Å². The van der Waals surface area contributed by atoms with Crippen molar-refractivity contribution < 1.29 is 10.2 Å². The first-order valence-electron chi connectivity index (χ1n) is 7.20. The monoisotopic (exact) mass is 238 g/mol. The molecule has 4 saturated carbocycles. The molecule has 1 spiro atoms. The highest BCUT2D eigenvalue weighted by atomic mass is 16.3. The van der Waals surface area contributed by atoms with Gasteiger partial charge in [-0.15, -0.1) is 0 Å². The summed E-state index contributed by atoms with van der Waals surface area (Å²) in [5.74, 6) is 1.84. The summed E-state index contributed by atoms with van der Waals surface area (Å²) in [6, 6.07) is 0. The lowest BCUT2D eigenvalue weighted by atomic mass is 9.33. The van der Waals surface area contributed by atoms with Gasteiger partial charge < -0.3 is 10.2 Å². The summed E-state index contributed by atoms with van der Waals surface area (Å²) in [5.41, 5.74) is 1.13.